The third-order valence-corrected chi connectivity index (χ3v) is 3.47. The van der Waals surface area contributed by atoms with Gasteiger partial charge in [0.1, 0.15) is 5.69 Å². The molecule has 2 N–H and O–H groups in total. The summed E-state index contributed by atoms with van der Waals surface area (Å²) in [5.41, 5.74) is 2.24. The second kappa shape index (κ2) is 9.12. The fourth-order valence-corrected chi connectivity index (χ4v) is 2.12. The van der Waals surface area contributed by atoms with E-state index in [1.807, 2.05) is 18.2 Å². The zero-order valence-electron chi connectivity index (χ0n) is 13.0. The molecule has 1 amide bonds. The van der Waals surface area contributed by atoms with Crippen LogP contribution >= 0.6 is 11.6 Å². The maximum atomic E-state index is 12.2. The highest BCUT2D eigenvalue weighted by Gasteiger charge is 2.07. The molecule has 1 aromatic heterocycles. The molecule has 2 rings (SSSR count). The summed E-state index contributed by atoms with van der Waals surface area (Å²) in [6.45, 7) is 1.92. The molecule has 0 atom stereocenters. The Labute approximate surface area is 141 Å². The molecule has 2 aromatic rings. The number of nitrogens with zero attached hydrogens (tertiary/aromatic N) is 1. The summed E-state index contributed by atoms with van der Waals surface area (Å²) in [7, 11) is 1.68. The summed E-state index contributed by atoms with van der Waals surface area (Å²) in [5, 5.41) is 6.76. The molecule has 0 bridgehead atoms. The second-order valence-electron chi connectivity index (χ2n) is 5.01. The Morgan fingerprint density at radius 3 is 2.78 bits per heavy atom. The van der Waals surface area contributed by atoms with Gasteiger partial charge in [-0.2, -0.15) is 0 Å². The SMILES string of the molecule is COCCCNc1ccnc(C(=O)NCc2ccc(Cl)cc2)c1. The molecule has 0 radical (unpaired) electrons. The van der Waals surface area contributed by atoms with Crippen LogP contribution in [-0.4, -0.2) is 31.2 Å². The average Bonchev–Trinajstić information content (AvgIpc) is 2.58. The quantitative estimate of drug-likeness (QED) is 0.729. The number of pyridine rings is 1. The number of halogens is 1. The molecule has 0 saturated carbocycles. The summed E-state index contributed by atoms with van der Waals surface area (Å²) in [6, 6.07) is 10.9. The van der Waals surface area contributed by atoms with Crippen molar-refractivity contribution in [2.75, 3.05) is 25.6 Å². The Morgan fingerprint density at radius 1 is 1.26 bits per heavy atom. The molecule has 5 nitrogen and oxygen atoms in total. The summed E-state index contributed by atoms with van der Waals surface area (Å²) in [4.78, 5) is 16.3. The fourth-order valence-electron chi connectivity index (χ4n) is 1.99. The third kappa shape index (κ3) is 5.88. The first-order valence-corrected chi connectivity index (χ1v) is 7.78. The lowest BCUT2D eigenvalue weighted by atomic mass is 10.2. The number of anilines is 1. The number of methoxy groups -OCH3 is 1. The van der Waals surface area contributed by atoms with Crippen LogP contribution in [0.1, 0.15) is 22.5 Å². The average molecular weight is 334 g/mol. The monoisotopic (exact) mass is 333 g/mol. The molecule has 23 heavy (non-hydrogen) atoms. The van der Waals surface area contributed by atoms with Crippen LogP contribution in [0.2, 0.25) is 5.02 Å². The summed E-state index contributed by atoms with van der Waals surface area (Å²) in [6.07, 6.45) is 2.52. The minimum atomic E-state index is -0.208. The van der Waals surface area contributed by atoms with Gasteiger partial charge in [0.25, 0.3) is 5.91 Å². The lowest BCUT2D eigenvalue weighted by Crippen LogP contribution is -2.23. The number of nitrogens with one attached hydrogen (secondary N) is 2. The van der Waals surface area contributed by atoms with E-state index < -0.39 is 0 Å². The molecule has 1 heterocycles. The maximum absolute atomic E-state index is 12.2. The van der Waals surface area contributed by atoms with Crippen molar-refractivity contribution in [1.82, 2.24) is 10.3 Å². The third-order valence-electron chi connectivity index (χ3n) is 3.21. The maximum Gasteiger partial charge on any atom is 0.270 e. The van der Waals surface area contributed by atoms with E-state index in [0.717, 1.165) is 24.2 Å². The van der Waals surface area contributed by atoms with E-state index >= 15 is 0 Å². The standard InChI is InChI=1S/C17H20ClN3O2/c1-23-10-2-8-19-15-7-9-20-16(11-15)17(22)21-12-13-3-5-14(18)6-4-13/h3-7,9,11H,2,8,10,12H2,1H3,(H,19,20)(H,21,22). The van der Waals surface area contributed by atoms with Crippen molar-refractivity contribution in [1.29, 1.82) is 0 Å². The lowest BCUT2D eigenvalue weighted by Gasteiger charge is -2.08. The van der Waals surface area contributed by atoms with Gasteiger partial charge in [0.15, 0.2) is 0 Å². The minimum absolute atomic E-state index is 0.208. The van der Waals surface area contributed by atoms with Gasteiger partial charge >= 0.3 is 0 Å². The Kier molecular flexibility index (Phi) is 6.84. The van der Waals surface area contributed by atoms with Gasteiger partial charge < -0.3 is 15.4 Å². The van der Waals surface area contributed by atoms with Gasteiger partial charge in [0.05, 0.1) is 0 Å². The van der Waals surface area contributed by atoms with Crippen molar-refractivity contribution in [3.63, 3.8) is 0 Å². The molecule has 6 heteroatoms. The Morgan fingerprint density at radius 2 is 2.04 bits per heavy atom. The lowest BCUT2D eigenvalue weighted by molar-refractivity contribution is 0.0946. The number of carbonyl (C=O) groups excluding carboxylic acids is 1. The number of benzene rings is 1. The Hall–Kier alpha value is -2.11. The highest BCUT2D eigenvalue weighted by Crippen LogP contribution is 2.10. The predicted octanol–water partition coefficient (Wildman–Crippen LogP) is 3.11. The van der Waals surface area contributed by atoms with Crippen molar-refractivity contribution >= 4 is 23.2 Å². The normalized spacial score (nSPS) is 10.3. The molecule has 0 spiro atoms. The molecule has 0 saturated heterocycles. The number of hydrogen-bond acceptors (Lipinski definition) is 4. The molecule has 0 aliphatic heterocycles. The highest BCUT2D eigenvalue weighted by atomic mass is 35.5. The van der Waals surface area contributed by atoms with E-state index in [0.29, 0.717) is 23.9 Å². The van der Waals surface area contributed by atoms with Gasteiger partial charge in [-0.1, -0.05) is 23.7 Å². The predicted molar refractivity (Wildman–Crippen MR) is 91.8 cm³/mol. The molecule has 0 aliphatic rings. The summed E-state index contributed by atoms with van der Waals surface area (Å²) < 4.78 is 5.00. The summed E-state index contributed by atoms with van der Waals surface area (Å²) >= 11 is 5.84. The number of rotatable bonds is 8. The number of hydrogen-bond donors (Lipinski definition) is 2. The first-order valence-electron chi connectivity index (χ1n) is 7.40. The van der Waals surface area contributed by atoms with Crippen LogP contribution in [0.15, 0.2) is 42.6 Å². The van der Waals surface area contributed by atoms with Gasteiger partial charge in [0, 0.05) is 43.7 Å². The van der Waals surface area contributed by atoms with Gasteiger partial charge in [0.2, 0.25) is 0 Å². The van der Waals surface area contributed by atoms with Crippen molar-refractivity contribution in [3.05, 3.63) is 58.9 Å². The first-order chi connectivity index (χ1) is 11.2. The van der Waals surface area contributed by atoms with E-state index in [9.17, 15) is 4.79 Å². The summed E-state index contributed by atoms with van der Waals surface area (Å²) in [5.74, 6) is -0.208. The van der Waals surface area contributed by atoms with Crippen molar-refractivity contribution < 1.29 is 9.53 Å². The minimum Gasteiger partial charge on any atom is -0.385 e. The molecule has 0 fully saturated rings. The van der Waals surface area contributed by atoms with Crippen LogP contribution in [0.5, 0.6) is 0 Å². The number of ether oxygens (including phenoxy) is 1. The largest absolute Gasteiger partial charge is 0.385 e. The zero-order valence-corrected chi connectivity index (χ0v) is 13.8. The Balaban J connectivity index is 1.87. The topological polar surface area (TPSA) is 63.2 Å². The van der Waals surface area contributed by atoms with Crippen LogP contribution in [-0.2, 0) is 11.3 Å². The van der Waals surface area contributed by atoms with Gasteiger partial charge in [-0.25, -0.2) is 0 Å². The molecule has 122 valence electrons. The van der Waals surface area contributed by atoms with Crippen LogP contribution in [0.4, 0.5) is 5.69 Å². The molecule has 0 unspecified atom stereocenters. The van der Waals surface area contributed by atoms with Crippen molar-refractivity contribution in [3.8, 4) is 0 Å². The number of carbonyl (C=O) groups is 1. The molecule has 0 aliphatic carbocycles. The second-order valence-corrected chi connectivity index (χ2v) is 5.45. The van der Waals surface area contributed by atoms with Crippen LogP contribution < -0.4 is 10.6 Å². The van der Waals surface area contributed by atoms with Gasteiger partial charge in [-0.3, -0.25) is 9.78 Å². The number of aromatic nitrogens is 1. The van der Waals surface area contributed by atoms with Crippen LogP contribution in [0.3, 0.4) is 0 Å². The molecular weight excluding hydrogens is 314 g/mol. The van der Waals surface area contributed by atoms with Crippen LogP contribution in [0, 0.1) is 0 Å². The van der Waals surface area contributed by atoms with Crippen molar-refractivity contribution in [2.24, 2.45) is 0 Å². The molecular formula is C17H20ClN3O2. The van der Waals surface area contributed by atoms with Gasteiger partial charge in [-0.05, 0) is 36.2 Å². The van der Waals surface area contributed by atoms with E-state index in [1.165, 1.54) is 0 Å². The van der Waals surface area contributed by atoms with E-state index in [2.05, 4.69) is 15.6 Å². The van der Waals surface area contributed by atoms with Crippen molar-refractivity contribution in [2.45, 2.75) is 13.0 Å². The first kappa shape index (κ1) is 17.2. The number of amides is 1. The Bertz CT molecular complexity index is 632. The zero-order chi connectivity index (χ0) is 16.5. The van der Waals surface area contributed by atoms with Crippen LogP contribution in [0.25, 0.3) is 0 Å². The van der Waals surface area contributed by atoms with E-state index in [4.69, 9.17) is 16.3 Å². The fraction of sp³-hybridized carbons (Fsp3) is 0.294. The van der Waals surface area contributed by atoms with E-state index in [1.54, 1.807) is 31.5 Å². The molecule has 1 aromatic carbocycles. The van der Waals surface area contributed by atoms with E-state index in [-0.39, 0.29) is 5.91 Å². The highest BCUT2D eigenvalue weighted by molar-refractivity contribution is 6.30. The smallest absolute Gasteiger partial charge is 0.270 e. The van der Waals surface area contributed by atoms with Gasteiger partial charge in [-0.15, -0.1) is 0 Å².